The van der Waals surface area contributed by atoms with Gasteiger partial charge in [-0.05, 0) is 67.7 Å². The maximum Gasteiger partial charge on any atom is 0.142 e. The highest BCUT2D eigenvalue weighted by molar-refractivity contribution is 6.30. The predicted octanol–water partition coefficient (Wildman–Crippen LogP) is 2.54. The highest BCUT2D eigenvalue weighted by Crippen LogP contribution is 2.37. The van der Waals surface area contributed by atoms with Gasteiger partial charge in [-0.3, -0.25) is 0 Å². The third-order valence-corrected chi connectivity index (χ3v) is 6.24. The number of piperidine rings is 1. The number of halogens is 1. The van der Waals surface area contributed by atoms with Crippen LogP contribution in [0.2, 0.25) is 11.1 Å². The zero-order chi connectivity index (χ0) is 19.4. The molecular formula is C21H28ClN5Si. The number of rotatable bonds is 5. The second-order valence-corrected chi connectivity index (χ2v) is 9.06. The van der Waals surface area contributed by atoms with Gasteiger partial charge in [0, 0.05) is 21.8 Å². The van der Waals surface area contributed by atoms with Crippen LogP contribution in [-0.2, 0) is 13.0 Å². The third-order valence-electron chi connectivity index (χ3n) is 5.50. The number of anilines is 1. The van der Waals surface area contributed by atoms with Crippen LogP contribution in [0.5, 0.6) is 0 Å². The summed E-state index contributed by atoms with van der Waals surface area (Å²) in [5.74, 6) is 0.971. The Labute approximate surface area is 174 Å². The molecule has 148 valence electrons. The molecule has 1 fully saturated rings. The van der Waals surface area contributed by atoms with Crippen molar-refractivity contribution in [2.24, 2.45) is 4.99 Å². The lowest BCUT2D eigenvalue weighted by Crippen LogP contribution is -2.60. The van der Waals surface area contributed by atoms with Crippen molar-refractivity contribution in [1.82, 2.24) is 16.2 Å². The summed E-state index contributed by atoms with van der Waals surface area (Å²) in [6, 6.07) is 15.8. The van der Waals surface area contributed by atoms with E-state index >= 15 is 0 Å². The lowest BCUT2D eigenvalue weighted by molar-refractivity contribution is 0.407. The largest absolute Gasteiger partial charge is 0.371 e. The fourth-order valence-corrected chi connectivity index (χ4v) is 4.80. The van der Waals surface area contributed by atoms with Gasteiger partial charge in [0.15, 0.2) is 0 Å². The van der Waals surface area contributed by atoms with E-state index in [1.165, 1.54) is 21.9 Å². The zero-order valence-corrected chi connectivity index (χ0v) is 19.1. The van der Waals surface area contributed by atoms with Crippen LogP contribution in [-0.4, -0.2) is 34.7 Å². The summed E-state index contributed by atoms with van der Waals surface area (Å²) in [5, 5.41) is 8.06. The average molecular weight is 414 g/mol. The van der Waals surface area contributed by atoms with Crippen LogP contribution in [0.25, 0.3) is 0 Å². The van der Waals surface area contributed by atoms with E-state index in [-0.39, 0.29) is 5.54 Å². The van der Waals surface area contributed by atoms with E-state index in [2.05, 4.69) is 45.8 Å². The molecule has 4 rings (SSSR count). The Morgan fingerprint density at radius 3 is 2.75 bits per heavy atom. The first kappa shape index (κ1) is 19.5. The smallest absolute Gasteiger partial charge is 0.142 e. The van der Waals surface area contributed by atoms with Crippen molar-refractivity contribution in [3.05, 3.63) is 58.6 Å². The standard InChI is InChI=1S/C21H28ClN5Si/c22-17-3-1-2-16(12-17)14-24-27-20-21(7-9-23-10-8-21)26-19-13-15(6-11-28)4-5-18(19)25-20/h1-5,12-13,23-24,26H,6-11,14H2,28H3,(H,25,27). The molecule has 28 heavy (non-hydrogen) atoms. The van der Waals surface area contributed by atoms with Crippen molar-refractivity contribution < 1.29 is 0 Å². The molecule has 1 spiro atoms. The van der Waals surface area contributed by atoms with Crippen LogP contribution in [0, 0.1) is 0 Å². The van der Waals surface area contributed by atoms with Crippen molar-refractivity contribution in [3.8, 4) is 0 Å². The molecule has 2 aliphatic rings. The topological polar surface area (TPSA) is 60.5 Å². The van der Waals surface area contributed by atoms with Crippen molar-refractivity contribution in [1.29, 1.82) is 0 Å². The van der Waals surface area contributed by atoms with Gasteiger partial charge in [-0.2, -0.15) is 0 Å². The molecule has 0 atom stereocenters. The average Bonchev–Trinajstić information content (AvgIpc) is 2.69. The molecule has 1 saturated heterocycles. The minimum Gasteiger partial charge on any atom is -0.371 e. The van der Waals surface area contributed by atoms with Gasteiger partial charge in [-0.15, -0.1) is 0 Å². The van der Waals surface area contributed by atoms with E-state index in [0.717, 1.165) is 60.1 Å². The van der Waals surface area contributed by atoms with Crippen molar-refractivity contribution in [2.75, 3.05) is 18.4 Å². The van der Waals surface area contributed by atoms with Gasteiger partial charge in [0.2, 0.25) is 0 Å². The van der Waals surface area contributed by atoms with Gasteiger partial charge in [0.1, 0.15) is 5.84 Å². The number of nitrogens with one attached hydrogen (secondary N) is 4. The molecule has 0 aliphatic carbocycles. The van der Waals surface area contributed by atoms with Crippen molar-refractivity contribution >= 4 is 39.1 Å². The number of amidine groups is 1. The van der Waals surface area contributed by atoms with Crippen LogP contribution in [0.4, 0.5) is 11.4 Å². The molecule has 0 bridgehead atoms. The van der Waals surface area contributed by atoms with Gasteiger partial charge in [-0.25, -0.2) is 10.4 Å². The monoisotopic (exact) mass is 413 g/mol. The summed E-state index contributed by atoms with van der Waals surface area (Å²) in [7, 11) is 1.24. The Kier molecular flexibility index (Phi) is 6.01. The highest BCUT2D eigenvalue weighted by Gasteiger charge is 2.40. The lowest BCUT2D eigenvalue weighted by atomic mass is 9.85. The highest BCUT2D eigenvalue weighted by atomic mass is 35.5. The van der Waals surface area contributed by atoms with E-state index in [9.17, 15) is 0 Å². The molecule has 2 heterocycles. The minimum atomic E-state index is -0.154. The van der Waals surface area contributed by atoms with Crippen molar-refractivity contribution in [2.45, 2.75) is 37.4 Å². The molecule has 7 heteroatoms. The van der Waals surface area contributed by atoms with E-state index in [4.69, 9.17) is 16.6 Å². The van der Waals surface area contributed by atoms with Crippen molar-refractivity contribution in [3.63, 3.8) is 0 Å². The fourth-order valence-electron chi connectivity index (χ4n) is 4.01. The molecule has 2 aromatic rings. The summed E-state index contributed by atoms with van der Waals surface area (Å²) in [6.07, 6.45) is 3.16. The second-order valence-electron chi connectivity index (χ2n) is 7.63. The summed E-state index contributed by atoms with van der Waals surface area (Å²) >= 11 is 6.09. The number of aliphatic imine (C=N–C) groups is 1. The number of hydrazine groups is 1. The molecule has 0 unspecified atom stereocenters. The molecule has 4 N–H and O–H groups in total. The Hall–Kier alpha value is -1.86. The zero-order valence-electron chi connectivity index (χ0n) is 16.3. The van der Waals surface area contributed by atoms with Crippen LogP contribution in [0.3, 0.4) is 0 Å². The molecule has 0 saturated carbocycles. The molecule has 0 radical (unpaired) electrons. The van der Waals surface area contributed by atoms with Gasteiger partial charge in [0.25, 0.3) is 0 Å². The molecular weight excluding hydrogens is 386 g/mol. The van der Waals surface area contributed by atoms with Gasteiger partial charge in [0.05, 0.1) is 16.9 Å². The second kappa shape index (κ2) is 8.65. The SMILES string of the molecule is [SiH3]CCc1ccc2c(c1)NC1(CCNCC1)C(NNCc1cccc(Cl)c1)=N2. The number of fused-ring (bicyclic) bond motifs is 1. The maximum absolute atomic E-state index is 6.09. The third kappa shape index (κ3) is 4.25. The normalized spacial score (nSPS) is 17.7. The van der Waals surface area contributed by atoms with Crippen LogP contribution < -0.4 is 21.5 Å². The maximum atomic E-state index is 6.09. The Balaban J connectivity index is 1.55. The van der Waals surface area contributed by atoms with E-state index in [0.29, 0.717) is 6.54 Å². The summed E-state index contributed by atoms with van der Waals surface area (Å²) in [5.41, 5.74) is 11.3. The molecule has 2 aromatic carbocycles. The Bertz CT molecular complexity index is 864. The summed E-state index contributed by atoms with van der Waals surface area (Å²) in [6.45, 7) is 2.65. The summed E-state index contributed by atoms with van der Waals surface area (Å²) < 4.78 is 0. The number of hydrogen-bond donors (Lipinski definition) is 4. The first-order valence-corrected chi connectivity index (χ1v) is 11.9. The van der Waals surface area contributed by atoms with Crippen LogP contribution >= 0.6 is 11.6 Å². The van der Waals surface area contributed by atoms with Gasteiger partial charge >= 0.3 is 0 Å². The Morgan fingerprint density at radius 2 is 1.96 bits per heavy atom. The van der Waals surface area contributed by atoms with E-state index < -0.39 is 0 Å². The number of aryl methyl sites for hydroxylation is 1. The number of hydrogen-bond acceptors (Lipinski definition) is 5. The van der Waals surface area contributed by atoms with E-state index in [1.54, 1.807) is 0 Å². The molecule has 5 nitrogen and oxygen atoms in total. The fraction of sp³-hybridized carbons (Fsp3) is 0.381. The molecule has 0 amide bonds. The number of benzene rings is 2. The minimum absolute atomic E-state index is 0.154. The number of nitrogens with zero attached hydrogens (tertiary/aromatic N) is 1. The summed E-state index contributed by atoms with van der Waals surface area (Å²) in [4.78, 5) is 5.01. The van der Waals surface area contributed by atoms with Crippen LogP contribution in [0.1, 0.15) is 24.0 Å². The quantitative estimate of drug-likeness (QED) is 0.449. The van der Waals surface area contributed by atoms with E-state index in [1.807, 2.05) is 18.2 Å². The van der Waals surface area contributed by atoms with Gasteiger partial charge in [-0.1, -0.05) is 35.8 Å². The molecule has 0 aromatic heterocycles. The Morgan fingerprint density at radius 1 is 1.11 bits per heavy atom. The first-order chi connectivity index (χ1) is 13.7. The van der Waals surface area contributed by atoms with Crippen LogP contribution in [0.15, 0.2) is 47.5 Å². The van der Waals surface area contributed by atoms with Gasteiger partial charge < -0.3 is 16.1 Å². The predicted molar refractivity (Wildman–Crippen MR) is 122 cm³/mol. The first-order valence-electron chi connectivity index (χ1n) is 10.1. The lowest BCUT2D eigenvalue weighted by Gasteiger charge is -2.43. The molecule has 2 aliphatic heterocycles.